The van der Waals surface area contributed by atoms with E-state index in [9.17, 15) is 18.0 Å². The first-order chi connectivity index (χ1) is 14.3. The Labute approximate surface area is 175 Å². The molecule has 2 aliphatic rings. The van der Waals surface area contributed by atoms with Gasteiger partial charge < -0.3 is 10.0 Å². The first-order valence-electron chi connectivity index (χ1n) is 10.1. The van der Waals surface area contributed by atoms with Crippen molar-refractivity contribution < 1.29 is 23.1 Å². The van der Waals surface area contributed by atoms with Crippen molar-refractivity contribution in [3.8, 4) is 0 Å². The van der Waals surface area contributed by atoms with Gasteiger partial charge in [-0.15, -0.1) is 0 Å². The van der Waals surface area contributed by atoms with Gasteiger partial charge in [0.1, 0.15) is 0 Å². The number of carboxylic acid groups (broad SMARTS) is 1. The molecule has 1 aliphatic heterocycles. The molecule has 0 unspecified atom stereocenters. The minimum absolute atomic E-state index is 0.0720. The summed E-state index contributed by atoms with van der Waals surface area (Å²) in [5.41, 5.74) is 3.66. The van der Waals surface area contributed by atoms with Gasteiger partial charge in [-0.2, -0.15) is 0 Å². The number of sulfonamides is 1. The smallest absolute Gasteiger partial charge is 0.303 e. The molecule has 1 aliphatic carbocycles. The van der Waals surface area contributed by atoms with E-state index in [1.54, 1.807) is 17.0 Å². The molecular weight excluding hydrogens is 404 g/mol. The van der Waals surface area contributed by atoms with Crippen LogP contribution in [0.15, 0.2) is 47.4 Å². The molecule has 2 aromatic carbocycles. The number of anilines is 1. The van der Waals surface area contributed by atoms with Crippen molar-refractivity contribution in [2.75, 3.05) is 11.4 Å². The van der Waals surface area contributed by atoms with Crippen molar-refractivity contribution in [2.24, 2.45) is 0 Å². The molecule has 2 N–H and O–H groups in total. The number of carbonyl (C=O) groups excluding carboxylic acids is 1. The number of aliphatic carboxylic acids is 1. The number of rotatable bonds is 6. The highest BCUT2D eigenvalue weighted by atomic mass is 32.2. The van der Waals surface area contributed by atoms with Crippen molar-refractivity contribution in [1.29, 1.82) is 0 Å². The first-order valence-corrected chi connectivity index (χ1v) is 11.6. The predicted octanol–water partition coefficient (Wildman–Crippen LogP) is 2.80. The molecule has 30 heavy (non-hydrogen) atoms. The lowest BCUT2D eigenvalue weighted by Crippen LogP contribution is -2.31. The lowest BCUT2D eigenvalue weighted by Gasteiger charge is -2.26. The molecule has 0 bridgehead atoms. The fourth-order valence-corrected chi connectivity index (χ4v) is 5.58. The average molecular weight is 429 g/mol. The van der Waals surface area contributed by atoms with Gasteiger partial charge in [0.05, 0.1) is 11.3 Å². The number of hydrogen-bond acceptors (Lipinski definition) is 4. The Morgan fingerprint density at radius 2 is 1.87 bits per heavy atom. The Morgan fingerprint density at radius 3 is 2.67 bits per heavy atom. The minimum Gasteiger partial charge on any atom is -0.481 e. The summed E-state index contributed by atoms with van der Waals surface area (Å²) in [5, 5.41) is 8.78. The number of nitrogens with one attached hydrogen (secondary N) is 1. The number of nitrogens with zero attached hydrogens (tertiary/aromatic N) is 1. The summed E-state index contributed by atoms with van der Waals surface area (Å²) in [6, 6.07) is 12.4. The molecule has 2 aromatic rings. The van der Waals surface area contributed by atoms with Crippen molar-refractivity contribution in [2.45, 2.75) is 49.5 Å². The lowest BCUT2D eigenvalue weighted by atomic mass is 9.88. The Morgan fingerprint density at radius 1 is 1.07 bits per heavy atom. The molecule has 158 valence electrons. The molecule has 0 fully saturated rings. The van der Waals surface area contributed by atoms with Gasteiger partial charge in [-0.25, -0.2) is 13.1 Å². The second-order valence-electron chi connectivity index (χ2n) is 7.74. The zero-order valence-electron chi connectivity index (χ0n) is 16.5. The Kier molecular flexibility index (Phi) is 5.62. The molecule has 0 spiro atoms. The second kappa shape index (κ2) is 8.20. The molecule has 1 atom stereocenters. The maximum atomic E-state index is 13.0. The number of amides is 1. The monoisotopic (exact) mass is 428 g/mol. The standard InChI is InChI=1S/C22H24N2O5S/c25-21(10-11-22(26)27)24-13-12-16-14-17(8-9-20(16)24)30(28,29)23-19-7-3-5-15-4-1-2-6-18(15)19/h1-2,4,6,8-9,14,19,23H,3,5,7,10-13H2,(H,26,27)/t19-/m0/s1. The summed E-state index contributed by atoms with van der Waals surface area (Å²) < 4.78 is 28.9. The maximum absolute atomic E-state index is 13.0. The third-order valence-electron chi connectivity index (χ3n) is 5.78. The molecule has 7 nitrogen and oxygen atoms in total. The quantitative estimate of drug-likeness (QED) is 0.736. The largest absolute Gasteiger partial charge is 0.481 e. The number of benzene rings is 2. The predicted molar refractivity (Wildman–Crippen MR) is 112 cm³/mol. The van der Waals surface area contributed by atoms with E-state index in [1.165, 1.54) is 11.6 Å². The van der Waals surface area contributed by atoms with Crippen LogP contribution in [0.3, 0.4) is 0 Å². The summed E-state index contributed by atoms with van der Waals surface area (Å²) >= 11 is 0. The molecule has 0 radical (unpaired) electrons. The van der Waals surface area contributed by atoms with Gasteiger partial charge in [-0.1, -0.05) is 24.3 Å². The number of carboxylic acids is 1. The Bertz CT molecular complexity index is 1100. The number of fused-ring (bicyclic) bond motifs is 2. The molecule has 0 aromatic heterocycles. The number of hydrogen-bond donors (Lipinski definition) is 2. The van der Waals surface area contributed by atoms with E-state index < -0.39 is 16.0 Å². The molecule has 0 saturated heterocycles. The van der Waals surface area contributed by atoms with Gasteiger partial charge >= 0.3 is 5.97 Å². The summed E-state index contributed by atoms with van der Waals surface area (Å²) in [7, 11) is -3.71. The van der Waals surface area contributed by atoms with Crippen molar-refractivity contribution in [3.63, 3.8) is 0 Å². The first kappa shape index (κ1) is 20.6. The van der Waals surface area contributed by atoms with Gasteiger partial charge in [0.25, 0.3) is 0 Å². The van der Waals surface area contributed by atoms with Gasteiger partial charge in [-0.05, 0) is 60.6 Å². The Balaban J connectivity index is 1.53. The van der Waals surface area contributed by atoms with E-state index in [1.807, 2.05) is 24.3 Å². The molecular formula is C22H24N2O5S. The zero-order chi connectivity index (χ0) is 21.3. The maximum Gasteiger partial charge on any atom is 0.303 e. The van der Waals surface area contributed by atoms with E-state index >= 15 is 0 Å². The SMILES string of the molecule is O=C(O)CCC(=O)N1CCc2cc(S(=O)(=O)N[C@H]3CCCc4ccccc43)ccc21. The fraction of sp³-hybridized carbons (Fsp3) is 0.364. The van der Waals surface area contributed by atoms with Crippen LogP contribution in [0.5, 0.6) is 0 Å². The molecule has 1 heterocycles. The molecule has 8 heteroatoms. The highest BCUT2D eigenvalue weighted by molar-refractivity contribution is 7.89. The second-order valence-corrected chi connectivity index (χ2v) is 9.46. The lowest BCUT2D eigenvalue weighted by molar-refractivity contribution is -0.138. The van der Waals surface area contributed by atoms with Gasteiger partial charge in [0, 0.05) is 24.7 Å². The van der Waals surface area contributed by atoms with E-state index in [0.717, 1.165) is 30.4 Å². The fourth-order valence-electron chi connectivity index (χ4n) is 4.28. The molecule has 4 rings (SSSR count). The normalized spacial score (nSPS) is 18.0. The van der Waals surface area contributed by atoms with Crippen molar-refractivity contribution in [1.82, 2.24) is 4.72 Å². The van der Waals surface area contributed by atoms with Crippen LogP contribution in [0, 0.1) is 0 Å². The summed E-state index contributed by atoms with van der Waals surface area (Å²) in [4.78, 5) is 24.7. The van der Waals surface area contributed by atoms with Crippen LogP contribution in [0.25, 0.3) is 0 Å². The van der Waals surface area contributed by atoms with Gasteiger partial charge in [0.15, 0.2) is 0 Å². The highest BCUT2D eigenvalue weighted by Crippen LogP contribution is 2.33. The third kappa shape index (κ3) is 4.11. The van der Waals surface area contributed by atoms with Crippen LogP contribution in [-0.4, -0.2) is 31.9 Å². The van der Waals surface area contributed by atoms with Crippen LogP contribution >= 0.6 is 0 Å². The molecule has 1 amide bonds. The summed E-state index contributed by atoms with van der Waals surface area (Å²) in [6.45, 7) is 0.431. The number of aryl methyl sites for hydroxylation is 1. The van der Waals surface area contributed by atoms with E-state index in [-0.39, 0.29) is 29.7 Å². The van der Waals surface area contributed by atoms with Crippen LogP contribution < -0.4 is 9.62 Å². The van der Waals surface area contributed by atoms with E-state index in [2.05, 4.69) is 4.72 Å². The van der Waals surface area contributed by atoms with Gasteiger partial charge in [0.2, 0.25) is 15.9 Å². The van der Waals surface area contributed by atoms with Gasteiger partial charge in [-0.3, -0.25) is 9.59 Å². The topological polar surface area (TPSA) is 104 Å². The highest BCUT2D eigenvalue weighted by Gasteiger charge is 2.29. The van der Waals surface area contributed by atoms with Crippen molar-refractivity contribution in [3.05, 3.63) is 59.2 Å². The van der Waals surface area contributed by atoms with Crippen LogP contribution in [0.1, 0.15) is 48.4 Å². The summed E-state index contributed by atoms with van der Waals surface area (Å²) in [5.74, 6) is -1.27. The van der Waals surface area contributed by atoms with Crippen molar-refractivity contribution >= 4 is 27.6 Å². The molecule has 0 saturated carbocycles. The van der Waals surface area contributed by atoms with Crippen LogP contribution in [0.2, 0.25) is 0 Å². The zero-order valence-corrected chi connectivity index (χ0v) is 17.3. The van der Waals surface area contributed by atoms with Crippen LogP contribution in [0.4, 0.5) is 5.69 Å². The average Bonchev–Trinajstić information content (AvgIpc) is 3.15. The Hall–Kier alpha value is -2.71. The minimum atomic E-state index is -3.71. The van der Waals surface area contributed by atoms with Crippen LogP contribution in [-0.2, 0) is 32.5 Å². The number of carbonyl (C=O) groups is 2. The third-order valence-corrected chi connectivity index (χ3v) is 7.25. The van der Waals surface area contributed by atoms with E-state index in [0.29, 0.717) is 18.7 Å². The summed E-state index contributed by atoms with van der Waals surface area (Å²) in [6.07, 6.45) is 2.90. The van der Waals surface area contributed by atoms with E-state index in [4.69, 9.17) is 5.11 Å².